The Kier molecular flexibility index (Phi) is 4.21. The Bertz CT molecular complexity index is 564. The van der Waals surface area contributed by atoms with Crippen LogP contribution >= 0.6 is 0 Å². The molecule has 0 bridgehead atoms. The van der Waals surface area contributed by atoms with Crippen LogP contribution in [0.2, 0.25) is 0 Å². The van der Waals surface area contributed by atoms with Gasteiger partial charge in [-0.1, -0.05) is 0 Å². The molecule has 0 saturated heterocycles. The maximum atomic E-state index is 13.6. The third kappa shape index (κ3) is 3.36. The molecule has 0 spiro atoms. The summed E-state index contributed by atoms with van der Waals surface area (Å²) in [4.78, 5) is 6.81. The molecule has 1 aromatic carbocycles. The third-order valence-electron chi connectivity index (χ3n) is 2.70. The van der Waals surface area contributed by atoms with Crippen molar-refractivity contribution in [2.45, 2.75) is 13.0 Å². The number of halogens is 2. The first kappa shape index (κ1) is 13.2. The minimum Gasteiger partial charge on any atom is -0.348 e. The number of nitrogens with zero attached hydrogens (tertiary/aromatic N) is 2. The van der Waals surface area contributed by atoms with E-state index in [2.05, 4.69) is 15.3 Å². The lowest BCUT2D eigenvalue weighted by Crippen LogP contribution is -2.18. The third-order valence-corrected chi connectivity index (χ3v) is 2.70. The van der Waals surface area contributed by atoms with E-state index in [1.807, 2.05) is 0 Å². The lowest BCUT2D eigenvalue weighted by Gasteiger charge is -2.07. The molecule has 0 atom stereocenters. The van der Waals surface area contributed by atoms with Crippen LogP contribution in [0.25, 0.3) is 0 Å². The summed E-state index contributed by atoms with van der Waals surface area (Å²) < 4.78 is 27.1. The van der Waals surface area contributed by atoms with Gasteiger partial charge in [0.2, 0.25) is 0 Å². The van der Waals surface area contributed by atoms with Gasteiger partial charge in [0.15, 0.2) is 0 Å². The van der Waals surface area contributed by atoms with Crippen molar-refractivity contribution < 1.29 is 8.78 Å². The summed E-state index contributed by atoms with van der Waals surface area (Å²) in [6.07, 6.45) is 3.97. The van der Waals surface area contributed by atoms with Crippen molar-refractivity contribution in [3.63, 3.8) is 0 Å². The topological polar surface area (TPSA) is 64.5 Å². The molecule has 0 unspecified atom stereocenters. The lowest BCUT2D eigenvalue weighted by molar-refractivity contribution is 0.535. The normalized spacial score (nSPS) is 10.4. The number of aromatic nitrogens is 2. The van der Waals surface area contributed by atoms with E-state index >= 15 is 0 Å². The van der Waals surface area contributed by atoms with Gasteiger partial charge < -0.3 is 10.3 Å². The number of imidazole rings is 1. The number of benzene rings is 1. The predicted molar refractivity (Wildman–Crippen MR) is 65.1 cm³/mol. The van der Waals surface area contributed by atoms with E-state index < -0.39 is 11.6 Å². The van der Waals surface area contributed by atoms with Crippen molar-refractivity contribution in [2.24, 2.45) is 0 Å². The van der Waals surface area contributed by atoms with Gasteiger partial charge in [0.05, 0.1) is 18.0 Å². The molecule has 2 rings (SSSR count). The minimum atomic E-state index is -0.703. The van der Waals surface area contributed by atoms with Crippen molar-refractivity contribution in [1.29, 1.82) is 5.26 Å². The highest BCUT2D eigenvalue weighted by Gasteiger charge is 2.10. The van der Waals surface area contributed by atoms with Gasteiger partial charge in [0, 0.05) is 37.0 Å². The number of hydrogen-bond donors (Lipinski definition) is 2. The van der Waals surface area contributed by atoms with Crippen LogP contribution in [0, 0.1) is 23.0 Å². The minimum absolute atomic E-state index is 0.0174. The summed E-state index contributed by atoms with van der Waals surface area (Å²) in [6, 6.07) is 3.78. The van der Waals surface area contributed by atoms with Crippen LogP contribution in [0.5, 0.6) is 0 Å². The van der Waals surface area contributed by atoms with Gasteiger partial charge in [-0.15, -0.1) is 0 Å². The van der Waals surface area contributed by atoms with Crippen LogP contribution in [0.15, 0.2) is 24.7 Å². The molecule has 0 aliphatic heterocycles. The SMILES string of the molecule is N#Cc1cc(F)c(CNCCc2cnc[nH]2)c(F)c1. The number of H-pyrrole nitrogens is 1. The fraction of sp³-hybridized carbons (Fsp3) is 0.231. The summed E-state index contributed by atoms with van der Waals surface area (Å²) >= 11 is 0. The number of aromatic amines is 1. The molecule has 19 heavy (non-hydrogen) atoms. The largest absolute Gasteiger partial charge is 0.348 e. The van der Waals surface area contributed by atoms with Gasteiger partial charge in [-0.05, 0) is 12.1 Å². The van der Waals surface area contributed by atoms with E-state index in [1.165, 1.54) is 0 Å². The number of nitriles is 1. The zero-order valence-electron chi connectivity index (χ0n) is 10.1. The summed E-state index contributed by atoms with van der Waals surface area (Å²) in [6.45, 7) is 0.651. The molecule has 2 aromatic rings. The highest BCUT2D eigenvalue weighted by atomic mass is 19.1. The number of nitrogens with one attached hydrogen (secondary N) is 2. The summed E-state index contributed by atoms with van der Waals surface area (Å²) in [5.41, 5.74) is 0.882. The molecule has 0 fully saturated rings. The van der Waals surface area contributed by atoms with Gasteiger partial charge in [0.25, 0.3) is 0 Å². The van der Waals surface area contributed by atoms with Gasteiger partial charge in [-0.25, -0.2) is 13.8 Å². The number of rotatable bonds is 5. The quantitative estimate of drug-likeness (QED) is 0.809. The average molecular weight is 262 g/mol. The smallest absolute Gasteiger partial charge is 0.131 e. The molecule has 0 aliphatic rings. The molecule has 4 nitrogen and oxygen atoms in total. The van der Waals surface area contributed by atoms with E-state index in [0.717, 1.165) is 17.8 Å². The Morgan fingerprint density at radius 3 is 2.63 bits per heavy atom. The van der Waals surface area contributed by atoms with Crippen LogP contribution < -0.4 is 5.32 Å². The van der Waals surface area contributed by atoms with Gasteiger partial charge in [-0.2, -0.15) is 5.26 Å². The molecular formula is C13H12F2N4. The lowest BCUT2D eigenvalue weighted by atomic mass is 10.1. The highest BCUT2D eigenvalue weighted by Crippen LogP contribution is 2.14. The monoisotopic (exact) mass is 262 g/mol. The summed E-state index contributed by atoms with van der Waals surface area (Å²) in [7, 11) is 0. The first-order valence-corrected chi connectivity index (χ1v) is 5.76. The molecule has 0 amide bonds. The van der Waals surface area contributed by atoms with Crippen LogP contribution in [0.1, 0.15) is 16.8 Å². The first-order chi connectivity index (χ1) is 9.20. The maximum Gasteiger partial charge on any atom is 0.131 e. The molecular weight excluding hydrogens is 250 g/mol. The summed E-state index contributed by atoms with van der Waals surface area (Å²) in [5, 5.41) is 11.5. The van der Waals surface area contributed by atoms with Gasteiger partial charge >= 0.3 is 0 Å². The molecule has 2 N–H and O–H groups in total. The zero-order chi connectivity index (χ0) is 13.7. The fourth-order valence-electron chi connectivity index (χ4n) is 1.69. The first-order valence-electron chi connectivity index (χ1n) is 5.76. The van der Waals surface area contributed by atoms with Crippen molar-refractivity contribution in [1.82, 2.24) is 15.3 Å². The van der Waals surface area contributed by atoms with E-state index in [9.17, 15) is 8.78 Å². The van der Waals surface area contributed by atoms with Crippen LogP contribution in [0.3, 0.4) is 0 Å². The van der Waals surface area contributed by atoms with Crippen molar-refractivity contribution in [3.05, 3.63) is 53.1 Å². The molecule has 0 aliphatic carbocycles. The van der Waals surface area contributed by atoms with Crippen LogP contribution in [-0.4, -0.2) is 16.5 Å². The fourth-order valence-corrected chi connectivity index (χ4v) is 1.69. The van der Waals surface area contributed by atoms with E-state index in [-0.39, 0.29) is 17.7 Å². The second-order valence-corrected chi connectivity index (χ2v) is 4.03. The standard InChI is InChI=1S/C13H12F2N4/c14-12-3-9(5-16)4-13(15)11(12)7-17-2-1-10-6-18-8-19-10/h3-4,6,8,17H,1-2,7H2,(H,18,19). The molecule has 98 valence electrons. The van der Waals surface area contributed by atoms with Crippen LogP contribution in [0.4, 0.5) is 8.78 Å². The molecule has 6 heteroatoms. The maximum absolute atomic E-state index is 13.6. The Labute approximate surface area is 109 Å². The van der Waals surface area contributed by atoms with Crippen molar-refractivity contribution in [2.75, 3.05) is 6.54 Å². The average Bonchev–Trinajstić information content (AvgIpc) is 2.89. The Morgan fingerprint density at radius 2 is 2.05 bits per heavy atom. The second kappa shape index (κ2) is 6.07. The number of hydrogen-bond acceptors (Lipinski definition) is 3. The summed E-state index contributed by atoms with van der Waals surface area (Å²) in [5.74, 6) is -1.41. The van der Waals surface area contributed by atoms with E-state index in [0.29, 0.717) is 13.0 Å². The molecule has 0 saturated carbocycles. The van der Waals surface area contributed by atoms with E-state index in [1.54, 1.807) is 18.6 Å². The highest BCUT2D eigenvalue weighted by molar-refractivity contribution is 5.34. The van der Waals surface area contributed by atoms with Crippen molar-refractivity contribution in [3.8, 4) is 6.07 Å². The Hall–Kier alpha value is -2.26. The molecule has 1 aromatic heterocycles. The predicted octanol–water partition coefficient (Wildman–Crippen LogP) is 1.89. The van der Waals surface area contributed by atoms with Gasteiger partial charge in [-0.3, -0.25) is 0 Å². The second-order valence-electron chi connectivity index (χ2n) is 4.03. The molecule has 1 heterocycles. The Morgan fingerprint density at radius 1 is 1.32 bits per heavy atom. The van der Waals surface area contributed by atoms with Crippen molar-refractivity contribution >= 4 is 0 Å². The van der Waals surface area contributed by atoms with Gasteiger partial charge in [0.1, 0.15) is 11.6 Å². The molecule has 0 radical (unpaired) electrons. The zero-order valence-corrected chi connectivity index (χ0v) is 10.1. The van der Waals surface area contributed by atoms with Crippen LogP contribution in [-0.2, 0) is 13.0 Å². The Balaban J connectivity index is 1.91. The van der Waals surface area contributed by atoms with E-state index in [4.69, 9.17) is 5.26 Å².